The molecular weight excluding hydrogens is 264 g/mol. The highest BCUT2D eigenvalue weighted by Gasteiger charge is 1.98. The van der Waals surface area contributed by atoms with Gasteiger partial charge in [0, 0.05) is 0 Å². The summed E-state index contributed by atoms with van der Waals surface area (Å²) in [7, 11) is 0. The smallest absolute Gasteiger partial charge is 0.00943 e. The maximum atomic E-state index is 4.10. The Labute approximate surface area is 136 Å². The van der Waals surface area contributed by atoms with E-state index in [1.54, 1.807) is 6.08 Å². The van der Waals surface area contributed by atoms with Crippen molar-refractivity contribution in [3.8, 4) is 0 Å². The molecule has 0 saturated carbocycles. The Hall–Kier alpha value is -2.34. The molecule has 0 fully saturated rings. The zero-order valence-corrected chi connectivity index (χ0v) is 14.1. The molecule has 0 radical (unpaired) electrons. The third-order valence-corrected chi connectivity index (χ3v) is 3.14. The standard InChI is InChI=1S/C22H28/c1-8-11-12-13-19(6)21(9-2)16-17-22(10-3)20(7)15-14-18(4)5/h8-12,15-17H,1-4,6,13-14H2,5,7H3/b12-11?,20-15+,21-16+,22-17+. The van der Waals surface area contributed by atoms with Crippen molar-refractivity contribution in [2.75, 3.05) is 0 Å². The van der Waals surface area contributed by atoms with Gasteiger partial charge in [0.2, 0.25) is 0 Å². The quantitative estimate of drug-likeness (QED) is 0.306. The molecule has 0 rings (SSSR count). The van der Waals surface area contributed by atoms with Gasteiger partial charge in [-0.1, -0.05) is 87.1 Å². The fourth-order valence-electron chi connectivity index (χ4n) is 1.74. The highest BCUT2D eigenvalue weighted by Crippen LogP contribution is 2.17. The maximum absolute atomic E-state index is 4.10. The highest BCUT2D eigenvalue weighted by molar-refractivity contribution is 5.46. The second-order valence-electron chi connectivity index (χ2n) is 5.17. The van der Waals surface area contributed by atoms with E-state index in [0.29, 0.717) is 0 Å². The summed E-state index contributed by atoms with van der Waals surface area (Å²) in [5.74, 6) is 0. The lowest BCUT2D eigenvalue weighted by Gasteiger charge is -2.05. The van der Waals surface area contributed by atoms with Crippen molar-refractivity contribution in [3.05, 3.63) is 109 Å². The second kappa shape index (κ2) is 11.3. The van der Waals surface area contributed by atoms with Gasteiger partial charge in [-0.15, -0.1) is 0 Å². The van der Waals surface area contributed by atoms with Gasteiger partial charge in [0.15, 0.2) is 0 Å². The number of rotatable bonds is 10. The minimum Gasteiger partial charge on any atom is -0.0998 e. The Kier molecular flexibility index (Phi) is 10.1. The molecule has 0 aliphatic carbocycles. The summed E-state index contributed by atoms with van der Waals surface area (Å²) in [6.45, 7) is 23.5. The minimum atomic E-state index is 0.783. The molecule has 0 amide bonds. The predicted molar refractivity (Wildman–Crippen MR) is 103 cm³/mol. The van der Waals surface area contributed by atoms with Crippen molar-refractivity contribution >= 4 is 0 Å². The van der Waals surface area contributed by atoms with E-state index in [9.17, 15) is 0 Å². The lowest BCUT2D eigenvalue weighted by molar-refractivity contribution is 1.19. The third kappa shape index (κ3) is 8.06. The van der Waals surface area contributed by atoms with E-state index in [2.05, 4.69) is 52.0 Å². The molecule has 22 heavy (non-hydrogen) atoms. The van der Waals surface area contributed by atoms with Gasteiger partial charge < -0.3 is 0 Å². The van der Waals surface area contributed by atoms with Gasteiger partial charge >= 0.3 is 0 Å². The van der Waals surface area contributed by atoms with Crippen LogP contribution in [0.5, 0.6) is 0 Å². The van der Waals surface area contributed by atoms with Gasteiger partial charge in [-0.05, 0) is 49.0 Å². The summed E-state index contributed by atoms with van der Waals surface area (Å²) in [6, 6.07) is 0. The van der Waals surface area contributed by atoms with Gasteiger partial charge in [0.1, 0.15) is 0 Å². The Morgan fingerprint density at radius 2 is 1.45 bits per heavy atom. The van der Waals surface area contributed by atoms with E-state index in [4.69, 9.17) is 0 Å². The summed E-state index contributed by atoms with van der Waals surface area (Å²) < 4.78 is 0. The molecule has 0 N–H and O–H groups in total. The Balaban J connectivity index is 5.20. The number of hydrogen-bond donors (Lipinski definition) is 0. The molecule has 0 bridgehead atoms. The fourth-order valence-corrected chi connectivity index (χ4v) is 1.74. The average molecular weight is 292 g/mol. The van der Waals surface area contributed by atoms with Crippen molar-refractivity contribution in [3.63, 3.8) is 0 Å². The molecule has 0 aliphatic rings. The Bertz CT molecular complexity index is 557. The molecule has 0 aliphatic heterocycles. The first-order valence-corrected chi connectivity index (χ1v) is 7.40. The van der Waals surface area contributed by atoms with Crippen molar-refractivity contribution in [1.29, 1.82) is 0 Å². The van der Waals surface area contributed by atoms with Crippen LogP contribution in [0.4, 0.5) is 0 Å². The monoisotopic (exact) mass is 292 g/mol. The van der Waals surface area contributed by atoms with E-state index in [0.717, 1.165) is 35.1 Å². The van der Waals surface area contributed by atoms with Gasteiger partial charge in [0.25, 0.3) is 0 Å². The van der Waals surface area contributed by atoms with Crippen LogP contribution < -0.4 is 0 Å². The first kappa shape index (κ1) is 19.7. The van der Waals surface area contributed by atoms with Gasteiger partial charge in [-0.3, -0.25) is 0 Å². The average Bonchev–Trinajstić information content (AvgIpc) is 2.49. The molecule has 0 heteroatoms. The number of hydrogen-bond acceptors (Lipinski definition) is 0. The van der Waals surface area contributed by atoms with Crippen molar-refractivity contribution in [1.82, 2.24) is 0 Å². The van der Waals surface area contributed by atoms with Crippen molar-refractivity contribution < 1.29 is 0 Å². The van der Waals surface area contributed by atoms with Crippen LogP contribution in [-0.2, 0) is 0 Å². The molecule has 0 unspecified atom stereocenters. The number of allylic oxidation sites excluding steroid dienone is 13. The normalized spacial score (nSPS) is 13.1. The van der Waals surface area contributed by atoms with E-state index < -0.39 is 0 Å². The Morgan fingerprint density at radius 1 is 0.864 bits per heavy atom. The second-order valence-corrected chi connectivity index (χ2v) is 5.17. The molecule has 0 aromatic heterocycles. The molecule has 0 saturated heterocycles. The summed E-state index contributed by atoms with van der Waals surface area (Å²) in [6.07, 6.45) is 17.3. The van der Waals surface area contributed by atoms with Gasteiger partial charge in [-0.25, -0.2) is 0 Å². The molecule has 0 aromatic rings. The lowest BCUT2D eigenvalue weighted by atomic mass is 10.0. The van der Waals surface area contributed by atoms with Crippen LogP contribution in [0, 0.1) is 0 Å². The van der Waals surface area contributed by atoms with E-state index in [1.807, 2.05) is 37.3 Å². The highest BCUT2D eigenvalue weighted by atomic mass is 14.0. The van der Waals surface area contributed by atoms with Crippen LogP contribution >= 0.6 is 0 Å². The summed E-state index contributed by atoms with van der Waals surface area (Å²) in [4.78, 5) is 0. The summed E-state index contributed by atoms with van der Waals surface area (Å²) in [5.41, 5.74) is 5.48. The Morgan fingerprint density at radius 3 is 1.95 bits per heavy atom. The predicted octanol–water partition coefficient (Wildman–Crippen LogP) is 6.81. The van der Waals surface area contributed by atoms with Crippen LogP contribution in [0.2, 0.25) is 0 Å². The fraction of sp³-hybridized carbons (Fsp3) is 0.182. The largest absolute Gasteiger partial charge is 0.0998 e. The maximum Gasteiger partial charge on any atom is -0.00943 e. The summed E-state index contributed by atoms with van der Waals surface area (Å²) >= 11 is 0. The zero-order valence-electron chi connectivity index (χ0n) is 14.1. The van der Waals surface area contributed by atoms with Crippen LogP contribution in [0.1, 0.15) is 26.7 Å². The van der Waals surface area contributed by atoms with Crippen LogP contribution in [-0.4, -0.2) is 0 Å². The van der Waals surface area contributed by atoms with Gasteiger partial charge in [0.05, 0.1) is 0 Å². The third-order valence-electron chi connectivity index (χ3n) is 3.14. The summed E-state index contributed by atoms with van der Waals surface area (Å²) in [5, 5.41) is 0. The van der Waals surface area contributed by atoms with E-state index >= 15 is 0 Å². The molecule has 0 aromatic carbocycles. The molecule has 0 nitrogen and oxygen atoms in total. The zero-order chi connectivity index (χ0) is 17.0. The topological polar surface area (TPSA) is 0 Å². The molecular formula is C22H28. The molecule has 0 heterocycles. The van der Waals surface area contributed by atoms with E-state index in [-0.39, 0.29) is 0 Å². The van der Waals surface area contributed by atoms with E-state index in [1.165, 1.54) is 5.57 Å². The lowest BCUT2D eigenvalue weighted by Crippen LogP contribution is -1.85. The van der Waals surface area contributed by atoms with Crippen LogP contribution in [0.15, 0.2) is 109 Å². The SMILES string of the molecule is C=CC=CCC(=C)/C(C=C)=C/C=C(C=C)/C(C)=C/CC(=C)C. The van der Waals surface area contributed by atoms with Crippen LogP contribution in [0.3, 0.4) is 0 Å². The molecule has 116 valence electrons. The van der Waals surface area contributed by atoms with Gasteiger partial charge in [-0.2, -0.15) is 0 Å². The van der Waals surface area contributed by atoms with Crippen molar-refractivity contribution in [2.45, 2.75) is 26.7 Å². The molecule has 0 spiro atoms. The first-order valence-electron chi connectivity index (χ1n) is 7.40. The molecule has 0 atom stereocenters. The first-order chi connectivity index (χ1) is 10.5. The minimum absolute atomic E-state index is 0.783. The van der Waals surface area contributed by atoms with Crippen molar-refractivity contribution in [2.24, 2.45) is 0 Å². The van der Waals surface area contributed by atoms with Crippen LogP contribution in [0.25, 0.3) is 0 Å².